The summed E-state index contributed by atoms with van der Waals surface area (Å²) in [6.07, 6.45) is 2.60. The third-order valence-corrected chi connectivity index (χ3v) is 0.924. The fraction of sp³-hybridized carbons (Fsp3) is 0.250. The first-order valence-electron chi connectivity index (χ1n) is 1.39. The molecule has 0 aromatic carbocycles. The molecule has 0 N–H and O–H groups in total. The summed E-state index contributed by atoms with van der Waals surface area (Å²) in [6, 6.07) is 0. The van der Waals surface area contributed by atoms with E-state index >= 15 is 0 Å². The van der Waals surface area contributed by atoms with Gasteiger partial charge in [-0.1, -0.05) is 0 Å². The van der Waals surface area contributed by atoms with Crippen LogP contribution in [0.5, 0.6) is 0 Å². The number of rotatable bonds is 2. The molecule has 0 aromatic heterocycles. The molecule has 0 aliphatic carbocycles. The van der Waals surface area contributed by atoms with Crippen LogP contribution >= 0.6 is 0 Å². The van der Waals surface area contributed by atoms with Crippen LogP contribution in [0.1, 0.15) is 6.42 Å². The van der Waals surface area contributed by atoms with Crippen LogP contribution in [0.4, 0.5) is 0 Å². The van der Waals surface area contributed by atoms with Crippen molar-refractivity contribution in [1.29, 1.82) is 0 Å². The van der Waals surface area contributed by atoms with Crippen molar-refractivity contribution in [3.63, 3.8) is 0 Å². The van der Waals surface area contributed by atoms with E-state index in [0.29, 0.717) is 0 Å². The molecular formula is C4H5W3-. The molecule has 0 saturated carbocycles. The standard InChI is InChI=1S/C4H5.3W/c1-3-4-2;;;/h1-3H,4H2;;;/q-1;;;. The Morgan fingerprint density at radius 3 is 1.86 bits per heavy atom. The Labute approximate surface area is 84.1 Å². The number of allylic oxidation sites excluding steroid dienone is 1. The summed E-state index contributed by atoms with van der Waals surface area (Å²) in [4.78, 5) is 0. The van der Waals surface area contributed by atoms with Crippen LogP contribution in [0, 0.1) is 6.58 Å². The molecule has 0 heterocycles. The summed E-state index contributed by atoms with van der Waals surface area (Å²) in [5.74, 6) is 0. The maximum atomic E-state index is 5.00. The Hall–Kier alpha value is 1.67. The normalized spacial score (nSPS) is 4.57. The molecule has 0 nitrogen and oxygen atoms in total. The second-order valence-electron chi connectivity index (χ2n) is 0.638. The molecule has 0 aromatic rings. The minimum Gasteiger partial charge on any atom is 0 e. The largest absolute Gasteiger partial charge is 0 e. The van der Waals surface area contributed by atoms with Gasteiger partial charge in [0.05, 0.1) is 0 Å². The van der Waals surface area contributed by atoms with Crippen LogP contribution < -0.4 is 0 Å². The van der Waals surface area contributed by atoms with Gasteiger partial charge in [-0.05, 0) is 0 Å². The second-order valence-corrected chi connectivity index (χ2v) is 1.84. The molecule has 0 atom stereocenters. The fourth-order valence-electron chi connectivity index (χ4n) is 0.0556. The van der Waals surface area contributed by atoms with Gasteiger partial charge in [0.15, 0.2) is 0 Å². The van der Waals surface area contributed by atoms with Crippen molar-refractivity contribution >= 4 is 4.40 Å². The quantitative estimate of drug-likeness (QED) is 0.408. The van der Waals surface area contributed by atoms with Gasteiger partial charge in [-0.2, -0.15) is 0 Å². The molecule has 0 radical (unpaired) electrons. The van der Waals surface area contributed by atoms with Gasteiger partial charge in [0, 0.05) is 42.1 Å². The third kappa shape index (κ3) is 18.3. The first-order chi connectivity index (χ1) is 2.41. The zero-order chi connectivity index (χ0) is 4.12. The summed E-state index contributed by atoms with van der Waals surface area (Å²) in [6.45, 7) is 5.00. The minimum absolute atomic E-state index is 0. The van der Waals surface area contributed by atoms with E-state index in [4.69, 9.17) is 6.58 Å². The van der Waals surface area contributed by atoms with Gasteiger partial charge in [0.25, 0.3) is 0 Å². The van der Waals surface area contributed by atoms with E-state index in [1.54, 1.807) is 6.08 Å². The summed E-state index contributed by atoms with van der Waals surface area (Å²) in [5, 5.41) is 0. The Kier molecular flexibility index (Phi) is 35.5. The predicted octanol–water partition coefficient (Wildman–Crippen LogP) is 0.710. The van der Waals surface area contributed by atoms with Crippen molar-refractivity contribution < 1.29 is 61.5 Å². The van der Waals surface area contributed by atoms with Gasteiger partial charge in [0.1, 0.15) is 0 Å². The van der Waals surface area contributed by atoms with Crippen LogP contribution in [-0.4, -0.2) is 4.40 Å². The van der Waals surface area contributed by atoms with Crippen LogP contribution in [0.2, 0.25) is 0 Å². The molecule has 0 aliphatic rings. The van der Waals surface area contributed by atoms with E-state index in [0.717, 1.165) is 6.42 Å². The third-order valence-electron chi connectivity index (χ3n) is 0.232. The molecule has 0 amide bonds. The summed E-state index contributed by atoms with van der Waals surface area (Å²) in [5.41, 5.74) is 0. The first kappa shape index (κ1) is 15.9. The second kappa shape index (κ2) is 15.6. The van der Waals surface area contributed by atoms with Crippen molar-refractivity contribution in [3.8, 4) is 0 Å². The molecule has 7 heavy (non-hydrogen) atoms. The molecule has 0 aliphatic heterocycles. The van der Waals surface area contributed by atoms with Crippen molar-refractivity contribution in [3.05, 3.63) is 12.7 Å². The Morgan fingerprint density at radius 1 is 1.43 bits per heavy atom. The molecule has 0 unspecified atom stereocenters. The van der Waals surface area contributed by atoms with E-state index in [1.807, 2.05) is 0 Å². The van der Waals surface area contributed by atoms with Gasteiger partial charge in [-0.25, -0.2) is 0 Å². The smallest absolute Gasteiger partial charge is 0 e. The van der Waals surface area contributed by atoms with Gasteiger partial charge < -0.3 is 0 Å². The van der Waals surface area contributed by atoms with Gasteiger partial charge in [0.2, 0.25) is 0 Å². The molecule has 0 fully saturated rings. The molecule has 0 saturated heterocycles. The summed E-state index contributed by atoms with van der Waals surface area (Å²) in [7, 11) is 0. The Balaban J connectivity index is -0.0000000800. The van der Waals surface area contributed by atoms with Crippen molar-refractivity contribution in [1.82, 2.24) is 0 Å². The van der Waals surface area contributed by atoms with Crippen LogP contribution in [0.3, 0.4) is 0 Å². The van der Waals surface area contributed by atoms with Crippen LogP contribution in [0.15, 0.2) is 6.08 Å². The van der Waals surface area contributed by atoms with Crippen LogP contribution in [-0.2, 0) is 61.5 Å². The molecule has 0 spiro atoms. The van der Waals surface area contributed by atoms with Gasteiger partial charge in [-0.3, -0.25) is 0 Å². The summed E-state index contributed by atoms with van der Waals surface area (Å²) >= 11 is 1.49. The molecular weight excluding hydrogens is 600 g/mol. The van der Waals surface area contributed by atoms with Crippen molar-refractivity contribution in [2.75, 3.05) is 0 Å². The fourth-order valence-corrected chi connectivity index (χ4v) is 0.455. The van der Waals surface area contributed by atoms with Gasteiger partial charge >= 0.3 is 42.8 Å². The van der Waals surface area contributed by atoms with E-state index in [-0.39, 0.29) is 42.1 Å². The monoisotopic (exact) mass is 605 g/mol. The average molecular weight is 605 g/mol. The first-order valence-corrected chi connectivity index (χ1v) is 3.08. The van der Waals surface area contributed by atoms with Crippen LogP contribution in [0.25, 0.3) is 0 Å². The summed E-state index contributed by atoms with van der Waals surface area (Å²) < 4.78 is 2.08. The molecule has 40 valence electrons. The zero-order valence-corrected chi connectivity index (χ0v) is 12.5. The molecule has 3 heteroatoms. The Bertz CT molecular complexity index is 36.2. The molecule has 0 bridgehead atoms. The maximum absolute atomic E-state index is 5.00. The predicted molar refractivity (Wildman–Crippen MR) is 19.6 cm³/mol. The Morgan fingerprint density at radius 2 is 1.86 bits per heavy atom. The van der Waals surface area contributed by atoms with Crippen molar-refractivity contribution in [2.24, 2.45) is 0 Å². The average Bonchev–Trinajstić information content (AvgIpc) is 1.41. The minimum atomic E-state index is 0. The number of hydrogen-bond acceptors (Lipinski definition) is 0. The van der Waals surface area contributed by atoms with E-state index < -0.39 is 0 Å². The zero-order valence-electron chi connectivity index (χ0n) is 3.66. The van der Waals surface area contributed by atoms with E-state index in [1.165, 1.54) is 19.4 Å². The maximum Gasteiger partial charge on any atom is 0 e. The van der Waals surface area contributed by atoms with E-state index in [2.05, 4.69) is 4.40 Å². The van der Waals surface area contributed by atoms with E-state index in [9.17, 15) is 0 Å². The number of hydrogen-bond donors (Lipinski definition) is 0. The molecule has 0 rings (SSSR count). The topological polar surface area (TPSA) is 0 Å². The SMILES string of the molecule is [CH-]=CC[CH]=[W].[W].[W]. The van der Waals surface area contributed by atoms with Gasteiger partial charge in [-0.15, -0.1) is 0 Å². The van der Waals surface area contributed by atoms with Crippen molar-refractivity contribution in [2.45, 2.75) is 6.42 Å².